The van der Waals surface area contributed by atoms with Crippen LogP contribution in [0.2, 0.25) is 0 Å². The highest BCUT2D eigenvalue weighted by molar-refractivity contribution is 9.10. The van der Waals surface area contributed by atoms with Crippen molar-refractivity contribution in [3.8, 4) is 0 Å². The summed E-state index contributed by atoms with van der Waals surface area (Å²) in [5.41, 5.74) is 2.26. The van der Waals surface area contributed by atoms with Gasteiger partial charge in [-0.3, -0.25) is 9.59 Å². The number of imide groups is 1. The summed E-state index contributed by atoms with van der Waals surface area (Å²) in [7, 11) is 1.53. The molecule has 0 radical (unpaired) electrons. The van der Waals surface area contributed by atoms with Crippen molar-refractivity contribution >= 4 is 39.9 Å². The number of nitrogens with zero attached hydrogens (tertiary/aromatic N) is 3. The summed E-state index contributed by atoms with van der Waals surface area (Å²) in [6.45, 7) is -0.0151. The van der Waals surface area contributed by atoms with Crippen molar-refractivity contribution in [2.75, 3.05) is 7.05 Å². The molecule has 3 aromatic rings. The molecular formula is C26H22BrN3O4. The van der Waals surface area contributed by atoms with Crippen molar-refractivity contribution in [1.29, 1.82) is 0 Å². The van der Waals surface area contributed by atoms with Crippen LogP contribution in [0.1, 0.15) is 16.7 Å². The minimum atomic E-state index is -1.03. The van der Waals surface area contributed by atoms with Crippen LogP contribution in [0.25, 0.3) is 6.08 Å². The van der Waals surface area contributed by atoms with Crippen molar-refractivity contribution in [1.82, 2.24) is 14.8 Å². The van der Waals surface area contributed by atoms with Crippen LogP contribution >= 0.6 is 15.9 Å². The molecule has 1 aromatic heterocycles. The van der Waals surface area contributed by atoms with Crippen LogP contribution in [0.4, 0.5) is 4.79 Å². The second-order valence-corrected chi connectivity index (χ2v) is 8.48. The van der Waals surface area contributed by atoms with E-state index in [1.165, 1.54) is 18.0 Å². The average molecular weight is 520 g/mol. The summed E-state index contributed by atoms with van der Waals surface area (Å²) >= 11 is 3.35. The van der Waals surface area contributed by atoms with Crippen molar-refractivity contribution in [3.63, 3.8) is 0 Å². The average Bonchev–Trinajstić information content (AvgIpc) is 2.86. The van der Waals surface area contributed by atoms with Gasteiger partial charge in [0.05, 0.1) is 0 Å². The molecule has 1 aliphatic heterocycles. The minimum Gasteiger partial charge on any atom is -0.444 e. The predicted molar refractivity (Wildman–Crippen MR) is 130 cm³/mol. The number of benzene rings is 2. The molecule has 3 amide bonds. The fourth-order valence-corrected chi connectivity index (χ4v) is 4.05. The van der Waals surface area contributed by atoms with Crippen molar-refractivity contribution in [2.45, 2.75) is 19.1 Å². The molecule has 0 spiro atoms. The standard InChI is InChI=1S/C26H22BrN3O4/c1-29-21(16-20-13-8-14-28-23(20)27)25(32)30(26(33)34-17-19-11-6-3-7-12-19)22(24(29)31)15-18-9-4-2-5-10-18/h2-14,16,22H,15,17H2,1H3/b21-16-. The minimum absolute atomic E-state index is 0.0151. The molecule has 8 heteroatoms. The Balaban J connectivity index is 1.68. The molecule has 34 heavy (non-hydrogen) atoms. The number of halogens is 1. The first-order valence-electron chi connectivity index (χ1n) is 10.6. The van der Waals surface area contributed by atoms with Gasteiger partial charge in [-0.15, -0.1) is 0 Å². The molecule has 0 saturated carbocycles. The molecule has 1 unspecified atom stereocenters. The zero-order chi connectivity index (χ0) is 24.1. The highest BCUT2D eigenvalue weighted by Gasteiger charge is 2.45. The SMILES string of the molecule is CN1C(=O)C(Cc2ccccc2)N(C(=O)OCc2ccccc2)C(=O)/C1=C/c1cccnc1Br. The molecule has 1 aliphatic rings. The number of likely N-dealkylation sites (N-methyl/N-ethyl adjacent to an activating group) is 1. The van der Waals surface area contributed by atoms with Crippen LogP contribution < -0.4 is 0 Å². The smallest absolute Gasteiger partial charge is 0.417 e. The second kappa shape index (κ2) is 10.4. The van der Waals surface area contributed by atoms with E-state index in [2.05, 4.69) is 20.9 Å². The third-order valence-corrected chi connectivity index (χ3v) is 6.14. The number of piperazine rings is 1. The maximum absolute atomic E-state index is 13.6. The van der Waals surface area contributed by atoms with E-state index in [0.717, 1.165) is 16.0 Å². The van der Waals surface area contributed by atoms with E-state index >= 15 is 0 Å². The number of hydrogen-bond donors (Lipinski definition) is 0. The van der Waals surface area contributed by atoms with Crippen molar-refractivity contribution in [2.24, 2.45) is 0 Å². The Morgan fingerprint density at radius 3 is 2.29 bits per heavy atom. The fraction of sp³-hybridized carbons (Fsp3) is 0.154. The van der Waals surface area contributed by atoms with Crippen LogP contribution in [0, 0.1) is 0 Å². The monoisotopic (exact) mass is 519 g/mol. The maximum Gasteiger partial charge on any atom is 0.417 e. The van der Waals surface area contributed by atoms with E-state index in [9.17, 15) is 14.4 Å². The molecule has 1 atom stereocenters. The number of aromatic nitrogens is 1. The van der Waals surface area contributed by atoms with Gasteiger partial charge >= 0.3 is 6.09 Å². The molecule has 172 valence electrons. The lowest BCUT2D eigenvalue weighted by molar-refractivity contribution is -0.147. The second-order valence-electron chi connectivity index (χ2n) is 7.73. The van der Waals surface area contributed by atoms with Gasteiger partial charge in [-0.05, 0) is 39.2 Å². The molecular weight excluding hydrogens is 498 g/mol. The van der Waals surface area contributed by atoms with E-state index < -0.39 is 18.0 Å². The van der Waals surface area contributed by atoms with Crippen LogP contribution in [0.5, 0.6) is 0 Å². The highest BCUT2D eigenvalue weighted by atomic mass is 79.9. The van der Waals surface area contributed by atoms with Gasteiger partial charge < -0.3 is 9.64 Å². The Morgan fingerprint density at radius 2 is 1.65 bits per heavy atom. The molecule has 0 aliphatic carbocycles. The number of rotatable bonds is 5. The van der Waals surface area contributed by atoms with E-state index in [1.54, 1.807) is 18.3 Å². The summed E-state index contributed by atoms with van der Waals surface area (Å²) in [6, 6.07) is 20.9. The highest BCUT2D eigenvalue weighted by Crippen LogP contribution is 2.27. The van der Waals surface area contributed by atoms with E-state index in [4.69, 9.17) is 4.74 Å². The molecule has 1 fully saturated rings. The van der Waals surface area contributed by atoms with Gasteiger partial charge in [-0.25, -0.2) is 14.7 Å². The van der Waals surface area contributed by atoms with Crippen molar-refractivity contribution < 1.29 is 19.1 Å². The van der Waals surface area contributed by atoms with Gasteiger partial charge in [0.2, 0.25) is 0 Å². The molecule has 1 saturated heterocycles. The molecule has 7 nitrogen and oxygen atoms in total. The third kappa shape index (κ3) is 5.07. The van der Waals surface area contributed by atoms with Gasteiger partial charge in [0, 0.05) is 25.2 Å². The van der Waals surface area contributed by atoms with Crippen LogP contribution in [0.3, 0.4) is 0 Å². The van der Waals surface area contributed by atoms with Gasteiger partial charge in [0.25, 0.3) is 11.8 Å². The topological polar surface area (TPSA) is 79.8 Å². The van der Waals surface area contributed by atoms with Crippen LogP contribution in [0.15, 0.2) is 89.3 Å². The zero-order valence-corrected chi connectivity index (χ0v) is 20.0. The first-order chi connectivity index (χ1) is 16.5. The number of carbonyl (C=O) groups is 3. The summed E-state index contributed by atoms with van der Waals surface area (Å²) in [5, 5.41) is 0. The number of amides is 3. The Hall–Kier alpha value is -3.78. The number of ether oxygens (including phenoxy) is 1. The predicted octanol–water partition coefficient (Wildman–Crippen LogP) is 4.43. The summed E-state index contributed by atoms with van der Waals surface area (Å²) < 4.78 is 5.97. The van der Waals surface area contributed by atoms with Crippen LogP contribution in [-0.4, -0.2) is 45.8 Å². The first kappa shape index (κ1) is 23.4. The lowest BCUT2D eigenvalue weighted by Crippen LogP contribution is -2.60. The van der Waals surface area contributed by atoms with E-state index in [1.807, 2.05) is 60.7 Å². The molecule has 2 aromatic carbocycles. The molecule has 2 heterocycles. The lowest BCUT2D eigenvalue weighted by atomic mass is 10.00. The summed E-state index contributed by atoms with van der Waals surface area (Å²) in [4.78, 5) is 46.5. The summed E-state index contributed by atoms with van der Waals surface area (Å²) in [6.07, 6.45) is 2.45. The molecule has 4 rings (SSSR count). The van der Waals surface area contributed by atoms with Crippen LogP contribution in [-0.2, 0) is 27.4 Å². The van der Waals surface area contributed by atoms with E-state index in [0.29, 0.717) is 10.2 Å². The van der Waals surface area contributed by atoms with Gasteiger partial charge in [-0.2, -0.15) is 0 Å². The first-order valence-corrected chi connectivity index (χ1v) is 11.4. The number of hydrogen-bond acceptors (Lipinski definition) is 5. The Labute approximate surface area is 205 Å². The lowest BCUT2D eigenvalue weighted by Gasteiger charge is -2.38. The van der Waals surface area contributed by atoms with Gasteiger partial charge in [0.15, 0.2) is 0 Å². The number of carbonyl (C=O) groups excluding carboxylic acids is 3. The Kier molecular flexibility index (Phi) is 7.18. The normalized spacial score (nSPS) is 17.2. The maximum atomic E-state index is 13.6. The third-order valence-electron chi connectivity index (χ3n) is 5.48. The molecule has 0 bridgehead atoms. The fourth-order valence-electron chi connectivity index (χ4n) is 3.69. The zero-order valence-electron chi connectivity index (χ0n) is 18.4. The van der Waals surface area contributed by atoms with Crippen molar-refractivity contribution in [3.05, 3.63) is 106 Å². The Morgan fingerprint density at radius 1 is 1.00 bits per heavy atom. The molecule has 0 N–H and O–H groups in total. The summed E-state index contributed by atoms with van der Waals surface area (Å²) in [5.74, 6) is -0.997. The van der Waals surface area contributed by atoms with E-state index in [-0.39, 0.29) is 24.6 Å². The van der Waals surface area contributed by atoms with Gasteiger partial charge in [0.1, 0.15) is 22.9 Å². The quantitative estimate of drug-likeness (QED) is 0.367. The Bertz CT molecular complexity index is 1230. The number of pyridine rings is 1. The largest absolute Gasteiger partial charge is 0.444 e. The van der Waals surface area contributed by atoms with Gasteiger partial charge in [-0.1, -0.05) is 66.7 Å².